The van der Waals surface area contributed by atoms with Crippen molar-refractivity contribution in [1.82, 2.24) is 0 Å². The van der Waals surface area contributed by atoms with Crippen LogP contribution >= 0.6 is 0 Å². The highest BCUT2D eigenvalue weighted by Crippen LogP contribution is 2.21. The Morgan fingerprint density at radius 3 is 2.53 bits per heavy atom. The molecule has 0 aliphatic rings. The molecule has 2 aromatic rings. The molecule has 2 atom stereocenters. The molecule has 0 unspecified atom stereocenters. The van der Waals surface area contributed by atoms with E-state index in [1.54, 1.807) is 7.11 Å². The van der Waals surface area contributed by atoms with Gasteiger partial charge in [0.05, 0.1) is 19.3 Å². The minimum atomic E-state index is -0.616. The molecule has 0 saturated heterocycles. The van der Waals surface area contributed by atoms with E-state index in [4.69, 9.17) is 10.5 Å². The number of methoxy groups -OCH3 is 1. The van der Waals surface area contributed by atoms with Crippen molar-refractivity contribution in [2.45, 2.75) is 18.6 Å². The number of aliphatic hydroxyl groups is 1. The minimum Gasteiger partial charge on any atom is -0.497 e. The largest absolute Gasteiger partial charge is 0.497 e. The van der Waals surface area contributed by atoms with E-state index < -0.39 is 12.1 Å². The maximum Gasteiger partial charge on any atom is 0.119 e. The van der Waals surface area contributed by atoms with Gasteiger partial charge in [0.15, 0.2) is 0 Å². The zero-order valence-corrected chi connectivity index (χ0v) is 11.0. The second kappa shape index (κ2) is 6.36. The monoisotopic (exact) mass is 257 g/mol. The second-order valence-corrected chi connectivity index (χ2v) is 4.56. The van der Waals surface area contributed by atoms with Crippen molar-refractivity contribution in [3.8, 4) is 5.75 Å². The first kappa shape index (κ1) is 13.6. The molecule has 19 heavy (non-hydrogen) atoms. The lowest BCUT2D eigenvalue weighted by molar-refractivity contribution is 0.145. The molecule has 0 bridgehead atoms. The first-order valence-electron chi connectivity index (χ1n) is 6.32. The van der Waals surface area contributed by atoms with Crippen LogP contribution in [0.4, 0.5) is 0 Å². The van der Waals surface area contributed by atoms with Crippen LogP contribution in [-0.2, 0) is 6.42 Å². The van der Waals surface area contributed by atoms with Crippen LogP contribution in [-0.4, -0.2) is 18.3 Å². The van der Waals surface area contributed by atoms with Gasteiger partial charge in [-0.3, -0.25) is 0 Å². The van der Waals surface area contributed by atoms with E-state index in [2.05, 4.69) is 0 Å². The topological polar surface area (TPSA) is 55.5 Å². The number of ether oxygens (including phenoxy) is 1. The Balaban J connectivity index is 2.08. The summed E-state index contributed by atoms with van der Waals surface area (Å²) >= 11 is 0. The van der Waals surface area contributed by atoms with Crippen molar-refractivity contribution in [2.24, 2.45) is 5.73 Å². The highest BCUT2D eigenvalue weighted by atomic mass is 16.5. The fourth-order valence-electron chi connectivity index (χ4n) is 2.05. The second-order valence-electron chi connectivity index (χ2n) is 4.56. The molecule has 0 aliphatic carbocycles. The van der Waals surface area contributed by atoms with E-state index in [0.29, 0.717) is 6.42 Å². The number of rotatable bonds is 5. The van der Waals surface area contributed by atoms with Crippen molar-refractivity contribution >= 4 is 0 Å². The van der Waals surface area contributed by atoms with E-state index in [1.165, 1.54) is 0 Å². The maximum atomic E-state index is 10.2. The van der Waals surface area contributed by atoms with E-state index in [-0.39, 0.29) is 0 Å². The maximum absolute atomic E-state index is 10.2. The van der Waals surface area contributed by atoms with E-state index in [9.17, 15) is 5.11 Å². The Hall–Kier alpha value is -1.84. The van der Waals surface area contributed by atoms with Crippen LogP contribution in [0.3, 0.4) is 0 Å². The molecule has 0 aromatic heterocycles. The van der Waals surface area contributed by atoms with Gasteiger partial charge in [-0.25, -0.2) is 0 Å². The molecule has 3 nitrogen and oxygen atoms in total. The predicted molar refractivity (Wildman–Crippen MR) is 76.1 cm³/mol. The molecular weight excluding hydrogens is 238 g/mol. The Kier molecular flexibility index (Phi) is 4.55. The molecule has 3 N–H and O–H groups in total. The summed E-state index contributed by atoms with van der Waals surface area (Å²) in [6.07, 6.45) is -0.0753. The Bertz CT molecular complexity index is 513. The van der Waals surface area contributed by atoms with Gasteiger partial charge in [0.2, 0.25) is 0 Å². The SMILES string of the molecule is COc1cccc([C@H](N)[C@H](O)Cc2ccccc2)c1. The van der Waals surface area contributed by atoms with Crippen molar-refractivity contribution < 1.29 is 9.84 Å². The molecule has 2 rings (SSSR count). The summed E-state index contributed by atoms with van der Waals surface area (Å²) in [5.74, 6) is 0.750. The highest BCUT2D eigenvalue weighted by molar-refractivity contribution is 5.31. The first-order valence-corrected chi connectivity index (χ1v) is 6.32. The van der Waals surface area contributed by atoms with Crippen molar-refractivity contribution in [2.75, 3.05) is 7.11 Å². The van der Waals surface area contributed by atoms with Crippen molar-refractivity contribution in [3.63, 3.8) is 0 Å². The van der Waals surface area contributed by atoms with Gasteiger partial charge in [-0.1, -0.05) is 42.5 Å². The van der Waals surface area contributed by atoms with Gasteiger partial charge < -0.3 is 15.6 Å². The highest BCUT2D eigenvalue weighted by Gasteiger charge is 2.17. The third kappa shape index (κ3) is 3.56. The predicted octanol–water partition coefficient (Wildman–Crippen LogP) is 2.30. The lowest BCUT2D eigenvalue weighted by atomic mass is 9.97. The van der Waals surface area contributed by atoms with Crippen LogP contribution in [0.25, 0.3) is 0 Å². The molecule has 0 radical (unpaired) electrons. The average molecular weight is 257 g/mol. The zero-order chi connectivity index (χ0) is 13.7. The normalized spacial score (nSPS) is 13.8. The molecular formula is C16H19NO2. The van der Waals surface area contributed by atoms with Crippen molar-refractivity contribution in [1.29, 1.82) is 0 Å². The standard InChI is InChI=1S/C16H19NO2/c1-19-14-9-5-8-13(11-14)16(17)15(18)10-12-6-3-2-4-7-12/h2-9,11,15-16,18H,10,17H2,1H3/t15-,16+/m1/s1. The number of nitrogens with two attached hydrogens (primary N) is 1. The molecule has 0 amide bonds. The minimum absolute atomic E-state index is 0.421. The molecule has 100 valence electrons. The molecule has 2 aromatic carbocycles. The quantitative estimate of drug-likeness (QED) is 0.864. The first-order chi connectivity index (χ1) is 9.20. The fourth-order valence-corrected chi connectivity index (χ4v) is 2.05. The average Bonchev–Trinajstić information content (AvgIpc) is 2.47. The van der Waals surface area contributed by atoms with Crippen LogP contribution in [0.5, 0.6) is 5.75 Å². The zero-order valence-electron chi connectivity index (χ0n) is 11.0. The van der Waals surface area contributed by atoms with Gasteiger partial charge in [0, 0.05) is 6.42 Å². The van der Waals surface area contributed by atoms with E-state index in [0.717, 1.165) is 16.9 Å². The van der Waals surface area contributed by atoms with Gasteiger partial charge in [0.25, 0.3) is 0 Å². The summed E-state index contributed by atoms with van der Waals surface area (Å²) < 4.78 is 5.17. The Morgan fingerprint density at radius 2 is 1.84 bits per heavy atom. The summed E-state index contributed by atoms with van der Waals surface area (Å²) in [5.41, 5.74) is 8.06. The fraction of sp³-hybridized carbons (Fsp3) is 0.250. The van der Waals surface area contributed by atoms with E-state index >= 15 is 0 Å². The molecule has 0 saturated carbocycles. The van der Waals surface area contributed by atoms with Gasteiger partial charge in [-0.2, -0.15) is 0 Å². The number of hydrogen-bond acceptors (Lipinski definition) is 3. The number of aliphatic hydroxyl groups excluding tert-OH is 1. The van der Waals surface area contributed by atoms with Crippen LogP contribution in [0.15, 0.2) is 54.6 Å². The van der Waals surface area contributed by atoms with Crippen molar-refractivity contribution in [3.05, 3.63) is 65.7 Å². The summed E-state index contributed by atoms with van der Waals surface area (Å²) in [6.45, 7) is 0. The third-order valence-electron chi connectivity index (χ3n) is 3.18. The smallest absolute Gasteiger partial charge is 0.119 e. The van der Waals surface area contributed by atoms with Gasteiger partial charge in [0.1, 0.15) is 5.75 Å². The summed E-state index contributed by atoms with van der Waals surface area (Å²) in [7, 11) is 1.62. The number of hydrogen-bond donors (Lipinski definition) is 2. The Labute approximate surface area is 113 Å². The van der Waals surface area contributed by atoms with Gasteiger partial charge in [-0.05, 0) is 23.3 Å². The van der Waals surface area contributed by atoms with Gasteiger partial charge >= 0.3 is 0 Å². The molecule has 0 aliphatic heterocycles. The molecule has 3 heteroatoms. The lowest BCUT2D eigenvalue weighted by Crippen LogP contribution is -2.28. The van der Waals surface area contributed by atoms with Crippen LogP contribution in [0, 0.1) is 0 Å². The number of benzene rings is 2. The Morgan fingerprint density at radius 1 is 1.11 bits per heavy atom. The molecule has 0 heterocycles. The lowest BCUT2D eigenvalue weighted by Gasteiger charge is -2.19. The molecule has 0 spiro atoms. The van der Waals surface area contributed by atoms with Gasteiger partial charge in [-0.15, -0.1) is 0 Å². The third-order valence-corrected chi connectivity index (χ3v) is 3.18. The van der Waals surface area contributed by atoms with E-state index in [1.807, 2.05) is 54.6 Å². The van der Waals surface area contributed by atoms with Crippen LogP contribution < -0.4 is 10.5 Å². The summed E-state index contributed by atoms with van der Waals surface area (Å²) in [4.78, 5) is 0. The molecule has 0 fully saturated rings. The summed E-state index contributed by atoms with van der Waals surface area (Å²) in [5, 5.41) is 10.2. The van der Waals surface area contributed by atoms with Crippen LogP contribution in [0.2, 0.25) is 0 Å². The van der Waals surface area contributed by atoms with Crippen LogP contribution in [0.1, 0.15) is 17.2 Å². The summed E-state index contributed by atoms with van der Waals surface area (Å²) in [6, 6.07) is 16.9.